The molecule has 2 N–H and O–H groups in total. The van der Waals surface area contributed by atoms with Crippen LogP contribution in [0, 0.1) is 0 Å². The lowest BCUT2D eigenvalue weighted by molar-refractivity contribution is 0.277. The molecular formula is C15H19N5O3. The zero-order valence-electron chi connectivity index (χ0n) is 13.1. The molecule has 1 aromatic heterocycles. The van der Waals surface area contributed by atoms with Crippen LogP contribution in [0.15, 0.2) is 34.3 Å². The quantitative estimate of drug-likeness (QED) is 0.568. The van der Waals surface area contributed by atoms with Crippen LogP contribution in [0.3, 0.4) is 0 Å². The van der Waals surface area contributed by atoms with Gasteiger partial charge in [-0.25, -0.2) is 9.89 Å². The first-order valence-electron chi connectivity index (χ1n) is 7.33. The van der Waals surface area contributed by atoms with E-state index in [1.165, 1.54) is 6.20 Å². The zero-order valence-corrected chi connectivity index (χ0v) is 13.1. The lowest BCUT2D eigenvalue weighted by Gasteiger charge is -2.11. The topological polar surface area (TPSA) is 101 Å². The van der Waals surface area contributed by atoms with Crippen molar-refractivity contribution in [1.29, 1.82) is 0 Å². The van der Waals surface area contributed by atoms with Crippen molar-refractivity contribution < 1.29 is 9.47 Å². The van der Waals surface area contributed by atoms with E-state index >= 15 is 0 Å². The molecule has 2 aromatic rings. The number of nitrogens with zero attached hydrogens (tertiary/aromatic N) is 3. The van der Waals surface area contributed by atoms with Gasteiger partial charge in [-0.15, -0.1) is 0 Å². The Hall–Kier alpha value is -2.90. The highest BCUT2D eigenvalue weighted by Gasteiger charge is 2.05. The monoisotopic (exact) mass is 317 g/mol. The Morgan fingerprint density at radius 1 is 1.30 bits per heavy atom. The van der Waals surface area contributed by atoms with Crippen LogP contribution in [0.25, 0.3) is 0 Å². The van der Waals surface area contributed by atoms with E-state index in [1.807, 2.05) is 32.0 Å². The molecule has 0 fully saturated rings. The van der Waals surface area contributed by atoms with Gasteiger partial charge < -0.3 is 9.47 Å². The number of rotatable bonds is 8. The fourth-order valence-corrected chi connectivity index (χ4v) is 1.74. The second-order valence-electron chi connectivity index (χ2n) is 4.53. The van der Waals surface area contributed by atoms with Gasteiger partial charge >= 0.3 is 5.69 Å². The maximum Gasteiger partial charge on any atom is 0.363 e. The van der Waals surface area contributed by atoms with Gasteiger partial charge in [0.05, 0.1) is 25.6 Å². The predicted octanol–water partition coefficient (Wildman–Crippen LogP) is 1.80. The molecule has 0 aliphatic carbocycles. The molecule has 23 heavy (non-hydrogen) atoms. The van der Waals surface area contributed by atoms with Crippen molar-refractivity contribution in [2.75, 3.05) is 18.6 Å². The first kappa shape index (κ1) is 16.5. The summed E-state index contributed by atoms with van der Waals surface area (Å²) in [6.07, 6.45) is 3.89. The van der Waals surface area contributed by atoms with E-state index in [0.29, 0.717) is 24.7 Å². The molecule has 1 aromatic carbocycles. The zero-order chi connectivity index (χ0) is 16.5. The Labute approximate surface area is 133 Å². The number of aromatic nitrogens is 3. The predicted molar refractivity (Wildman–Crippen MR) is 87.3 cm³/mol. The SMILES string of the molecule is CCCOc1ccc(/C=N/Nc2cn[nH]c(=O)n2)cc1OCC. The summed E-state index contributed by atoms with van der Waals surface area (Å²) in [6, 6.07) is 5.54. The van der Waals surface area contributed by atoms with Crippen molar-refractivity contribution in [2.24, 2.45) is 5.10 Å². The average molecular weight is 317 g/mol. The van der Waals surface area contributed by atoms with E-state index < -0.39 is 5.69 Å². The molecule has 0 bridgehead atoms. The number of H-pyrrole nitrogens is 1. The fraction of sp³-hybridized carbons (Fsp3) is 0.333. The summed E-state index contributed by atoms with van der Waals surface area (Å²) in [5.41, 5.74) is 2.92. The minimum absolute atomic E-state index is 0.262. The molecule has 8 heteroatoms. The van der Waals surface area contributed by atoms with Crippen molar-refractivity contribution in [3.8, 4) is 11.5 Å². The Morgan fingerprint density at radius 2 is 2.17 bits per heavy atom. The summed E-state index contributed by atoms with van der Waals surface area (Å²) in [6.45, 7) is 5.14. The third kappa shape index (κ3) is 5.10. The number of hydrogen-bond acceptors (Lipinski definition) is 7. The van der Waals surface area contributed by atoms with Gasteiger partial charge in [-0.05, 0) is 37.1 Å². The summed E-state index contributed by atoms with van der Waals surface area (Å²) in [5, 5.41) is 9.82. The van der Waals surface area contributed by atoms with Gasteiger partial charge in [0.25, 0.3) is 0 Å². The van der Waals surface area contributed by atoms with E-state index in [0.717, 1.165) is 12.0 Å². The number of aromatic amines is 1. The van der Waals surface area contributed by atoms with Crippen LogP contribution in [-0.4, -0.2) is 34.6 Å². The third-order valence-corrected chi connectivity index (χ3v) is 2.69. The van der Waals surface area contributed by atoms with Gasteiger partial charge in [-0.3, -0.25) is 5.43 Å². The van der Waals surface area contributed by atoms with Gasteiger partial charge in [-0.2, -0.15) is 15.2 Å². The molecule has 8 nitrogen and oxygen atoms in total. The summed E-state index contributed by atoms with van der Waals surface area (Å²) < 4.78 is 11.2. The summed E-state index contributed by atoms with van der Waals surface area (Å²) in [5.74, 6) is 1.64. The van der Waals surface area contributed by atoms with Gasteiger partial charge in [0.15, 0.2) is 17.3 Å². The van der Waals surface area contributed by atoms with Gasteiger partial charge in [-0.1, -0.05) is 6.92 Å². The molecule has 0 atom stereocenters. The molecule has 1 heterocycles. The number of hydrogen-bond donors (Lipinski definition) is 2. The Kier molecular flexibility index (Phi) is 6.10. The van der Waals surface area contributed by atoms with E-state index in [1.54, 1.807) is 6.21 Å². The average Bonchev–Trinajstić information content (AvgIpc) is 2.54. The van der Waals surface area contributed by atoms with Gasteiger partial charge in [0.2, 0.25) is 0 Å². The Balaban J connectivity index is 2.08. The van der Waals surface area contributed by atoms with Crippen LogP contribution >= 0.6 is 0 Å². The number of hydrazone groups is 1. The summed E-state index contributed by atoms with van der Waals surface area (Å²) >= 11 is 0. The second-order valence-corrected chi connectivity index (χ2v) is 4.53. The Morgan fingerprint density at radius 3 is 2.91 bits per heavy atom. The largest absolute Gasteiger partial charge is 0.490 e. The lowest BCUT2D eigenvalue weighted by Crippen LogP contribution is -2.13. The number of benzene rings is 1. The Bertz CT molecular complexity index is 714. The molecule has 0 spiro atoms. The first-order chi connectivity index (χ1) is 11.2. The highest BCUT2D eigenvalue weighted by molar-refractivity contribution is 5.81. The molecule has 122 valence electrons. The van der Waals surface area contributed by atoms with Crippen molar-refractivity contribution in [3.63, 3.8) is 0 Å². The minimum Gasteiger partial charge on any atom is -0.490 e. The number of anilines is 1. The van der Waals surface area contributed by atoms with Gasteiger partial charge in [0, 0.05) is 0 Å². The van der Waals surface area contributed by atoms with E-state index in [-0.39, 0.29) is 5.82 Å². The standard InChI is InChI=1S/C15H19N5O3/c1-3-7-23-12-6-5-11(8-13(12)22-4-2)9-16-19-14-10-17-20-15(21)18-14/h5-6,8-10H,3-4,7H2,1-2H3,(H2,18,19,20,21)/b16-9+. The smallest absolute Gasteiger partial charge is 0.363 e. The lowest BCUT2D eigenvalue weighted by atomic mass is 10.2. The highest BCUT2D eigenvalue weighted by Crippen LogP contribution is 2.28. The second kappa shape index (κ2) is 8.52. The van der Waals surface area contributed by atoms with Crippen LogP contribution in [0.4, 0.5) is 5.82 Å². The minimum atomic E-state index is -0.541. The highest BCUT2D eigenvalue weighted by atomic mass is 16.5. The molecule has 0 aliphatic heterocycles. The van der Waals surface area contributed by atoms with E-state index in [9.17, 15) is 4.79 Å². The van der Waals surface area contributed by atoms with Crippen molar-refractivity contribution in [3.05, 3.63) is 40.4 Å². The molecule has 0 saturated carbocycles. The van der Waals surface area contributed by atoms with E-state index in [2.05, 4.69) is 25.7 Å². The maximum atomic E-state index is 11.0. The summed E-state index contributed by atoms with van der Waals surface area (Å²) in [7, 11) is 0. The summed E-state index contributed by atoms with van der Waals surface area (Å²) in [4.78, 5) is 14.7. The van der Waals surface area contributed by atoms with Crippen LogP contribution in [0.5, 0.6) is 11.5 Å². The van der Waals surface area contributed by atoms with Crippen LogP contribution in [0.1, 0.15) is 25.8 Å². The fourth-order valence-electron chi connectivity index (χ4n) is 1.74. The van der Waals surface area contributed by atoms with Crippen molar-refractivity contribution >= 4 is 12.0 Å². The normalized spacial score (nSPS) is 10.7. The molecule has 0 radical (unpaired) electrons. The number of ether oxygens (including phenoxy) is 2. The third-order valence-electron chi connectivity index (χ3n) is 2.69. The van der Waals surface area contributed by atoms with Crippen molar-refractivity contribution in [2.45, 2.75) is 20.3 Å². The molecule has 2 rings (SSSR count). The molecule has 0 amide bonds. The first-order valence-corrected chi connectivity index (χ1v) is 7.33. The number of nitrogens with one attached hydrogen (secondary N) is 2. The van der Waals surface area contributed by atoms with Crippen LogP contribution in [-0.2, 0) is 0 Å². The van der Waals surface area contributed by atoms with Crippen LogP contribution < -0.4 is 20.6 Å². The van der Waals surface area contributed by atoms with Crippen molar-refractivity contribution in [1.82, 2.24) is 15.2 Å². The molecule has 0 aliphatic rings. The van der Waals surface area contributed by atoms with E-state index in [4.69, 9.17) is 9.47 Å². The molecule has 0 unspecified atom stereocenters. The molecule has 0 saturated heterocycles. The molecular weight excluding hydrogens is 298 g/mol. The van der Waals surface area contributed by atoms with Crippen LogP contribution in [0.2, 0.25) is 0 Å². The maximum absolute atomic E-state index is 11.0. The van der Waals surface area contributed by atoms with Gasteiger partial charge in [0.1, 0.15) is 0 Å².